The molecule has 3 rings (SSSR count). The lowest BCUT2D eigenvalue weighted by atomic mass is 10.1. The van der Waals surface area contributed by atoms with Gasteiger partial charge in [-0.3, -0.25) is 4.79 Å². The molecule has 0 radical (unpaired) electrons. The molecule has 7 nitrogen and oxygen atoms in total. The van der Waals surface area contributed by atoms with E-state index in [1.165, 1.54) is 0 Å². The van der Waals surface area contributed by atoms with Crippen LogP contribution in [0.25, 0.3) is 0 Å². The highest BCUT2D eigenvalue weighted by atomic mass is 32.2. The van der Waals surface area contributed by atoms with Crippen LogP contribution in [0.15, 0.2) is 10.5 Å². The van der Waals surface area contributed by atoms with Gasteiger partial charge in [-0.15, -0.1) is 0 Å². The van der Waals surface area contributed by atoms with Crippen LogP contribution in [-0.4, -0.2) is 42.9 Å². The van der Waals surface area contributed by atoms with E-state index < -0.39 is 15.8 Å². The Kier molecular flexibility index (Phi) is 5.27. The number of Topliss-reactive ketones (excluding diaryl/α,β-unsaturated/α-hetero) is 1. The molecular weight excluding hydrogens is 382 g/mol. The van der Waals surface area contributed by atoms with Gasteiger partial charge in [0.1, 0.15) is 17.1 Å². The third-order valence-corrected chi connectivity index (χ3v) is 7.21. The summed E-state index contributed by atoms with van der Waals surface area (Å²) in [5.74, 6) is 0.460. The standard InChI is InChI=1S/C20H25NO6S/c1-11-8-17(13(3)21(11)16-6-7-28(24,25)10-16)18(22)9-26-20(23)19-12(2)14(4)27-15(19)5/h8,16H,6-7,9-10H2,1-5H3/t16-/m0/s1. The van der Waals surface area contributed by atoms with Crippen LogP contribution >= 0.6 is 0 Å². The smallest absolute Gasteiger partial charge is 0.342 e. The second kappa shape index (κ2) is 7.24. The van der Waals surface area contributed by atoms with Gasteiger partial charge >= 0.3 is 5.97 Å². The number of esters is 1. The number of ketones is 1. The number of aromatic nitrogens is 1. The van der Waals surface area contributed by atoms with Gasteiger partial charge in [-0.2, -0.15) is 0 Å². The van der Waals surface area contributed by atoms with E-state index in [1.807, 2.05) is 11.5 Å². The summed E-state index contributed by atoms with van der Waals surface area (Å²) in [5, 5.41) is 0. The second-order valence-corrected chi connectivity index (χ2v) is 9.65. The molecule has 1 aliphatic rings. The Labute approximate surface area is 164 Å². The Hall–Kier alpha value is -2.35. The number of hydrogen-bond acceptors (Lipinski definition) is 6. The number of carbonyl (C=O) groups is 2. The van der Waals surface area contributed by atoms with E-state index in [4.69, 9.17) is 9.15 Å². The zero-order valence-corrected chi connectivity index (χ0v) is 17.6. The van der Waals surface area contributed by atoms with Gasteiger partial charge < -0.3 is 13.7 Å². The topological polar surface area (TPSA) is 95.6 Å². The fourth-order valence-corrected chi connectivity index (χ4v) is 5.68. The Morgan fingerprint density at radius 3 is 2.39 bits per heavy atom. The number of sulfone groups is 1. The summed E-state index contributed by atoms with van der Waals surface area (Å²) in [6, 6.07) is 1.57. The SMILES string of the molecule is Cc1oc(C)c(C(=O)OCC(=O)c2cc(C)n([C@H]3CCS(=O)(=O)C3)c2C)c1C. The molecule has 1 fully saturated rings. The molecule has 0 amide bonds. The van der Waals surface area contributed by atoms with Crippen LogP contribution in [0.3, 0.4) is 0 Å². The van der Waals surface area contributed by atoms with Crippen molar-refractivity contribution >= 4 is 21.6 Å². The molecule has 0 bridgehead atoms. The molecular formula is C20H25NO6S. The van der Waals surface area contributed by atoms with Gasteiger partial charge in [0.2, 0.25) is 5.78 Å². The molecule has 2 aromatic heterocycles. The van der Waals surface area contributed by atoms with Crippen molar-refractivity contribution in [3.05, 3.63) is 45.7 Å². The molecule has 1 saturated heterocycles. The molecule has 1 atom stereocenters. The average molecular weight is 407 g/mol. The van der Waals surface area contributed by atoms with Crippen molar-refractivity contribution in [2.75, 3.05) is 18.1 Å². The van der Waals surface area contributed by atoms with E-state index in [1.54, 1.807) is 33.8 Å². The zero-order valence-electron chi connectivity index (χ0n) is 16.8. The average Bonchev–Trinajstić information content (AvgIpc) is 3.19. The van der Waals surface area contributed by atoms with E-state index in [0.717, 1.165) is 5.69 Å². The highest BCUT2D eigenvalue weighted by Crippen LogP contribution is 2.29. The molecule has 0 saturated carbocycles. The van der Waals surface area contributed by atoms with Gasteiger partial charge in [0, 0.05) is 28.6 Å². The number of carbonyl (C=O) groups excluding carboxylic acids is 2. The van der Waals surface area contributed by atoms with Gasteiger partial charge in [-0.05, 0) is 47.1 Å². The summed E-state index contributed by atoms with van der Waals surface area (Å²) >= 11 is 0. The molecule has 0 unspecified atom stereocenters. The molecule has 1 aliphatic heterocycles. The first-order valence-electron chi connectivity index (χ1n) is 9.17. The van der Waals surface area contributed by atoms with Crippen LogP contribution in [0, 0.1) is 34.6 Å². The van der Waals surface area contributed by atoms with Gasteiger partial charge in [0.15, 0.2) is 16.4 Å². The third kappa shape index (κ3) is 3.65. The molecule has 0 aliphatic carbocycles. The lowest BCUT2D eigenvalue weighted by Gasteiger charge is -2.16. The van der Waals surface area contributed by atoms with Crippen molar-refractivity contribution in [3.8, 4) is 0 Å². The molecule has 152 valence electrons. The fourth-order valence-electron chi connectivity index (χ4n) is 3.98. The first-order valence-corrected chi connectivity index (χ1v) is 11.0. The largest absolute Gasteiger partial charge is 0.465 e. The Balaban J connectivity index is 1.75. The van der Waals surface area contributed by atoms with Gasteiger partial charge in [-0.25, -0.2) is 13.2 Å². The monoisotopic (exact) mass is 407 g/mol. The number of ether oxygens (including phenoxy) is 1. The van der Waals surface area contributed by atoms with E-state index in [-0.39, 0.29) is 29.9 Å². The molecule has 0 N–H and O–H groups in total. The van der Waals surface area contributed by atoms with Gasteiger partial charge in [0.05, 0.1) is 11.5 Å². The fraction of sp³-hybridized carbons (Fsp3) is 0.500. The molecule has 2 aromatic rings. The maximum atomic E-state index is 12.7. The Bertz CT molecular complexity index is 1060. The van der Waals surface area contributed by atoms with Crippen LogP contribution in [0.4, 0.5) is 0 Å². The highest BCUT2D eigenvalue weighted by molar-refractivity contribution is 7.91. The summed E-state index contributed by atoms with van der Waals surface area (Å²) < 4.78 is 36.2. The van der Waals surface area contributed by atoms with Gasteiger partial charge in [0.25, 0.3) is 0 Å². The number of hydrogen-bond donors (Lipinski definition) is 0. The van der Waals surface area contributed by atoms with Crippen LogP contribution in [0.2, 0.25) is 0 Å². The van der Waals surface area contributed by atoms with Crippen LogP contribution in [0.5, 0.6) is 0 Å². The number of rotatable bonds is 5. The molecule has 0 aromatic carbocycles. The maximum absolute atomic E-state index is 12.7. The lowest BCUT2D eigenvalue weighted by molar-refractivity contribution is 0.0472. The van der Waals surface area contributed by atoms with Crippen molar-refractivity contribution in [3.63, 3.8) is 0 Å². The Morgan fingerprint density at radius 2 is 1.86 bits per heavy atom. The summed E-state index contributed by atoms with van der Waals surface area (Å²) in [6.45, 7) is 8.48. The van der Waals surface area contributed by atoms with Crippen molar-refractivity contribution in [1.29, 1.82) is 0 Å². The quantitative estimate of drug-likeness (QED) is 0.558. The van der Waals surface area contributed by atoms with Crippen LogP contribution < -0.4 is 0 Å². The molecule has 8 heteroatoms. The normalized spacial score (nSPS) is 18.4. The van der Waals surface area contributed by atoms with E-state index in [2.05, 4.69) is 0 Å². The number of aryl methyl sites for hydroxylation is 3. The minimum Gasteiger partial charge on any atom is -0.465 e. The summed E-state index contributed by atoms with van der Waals surface area (Å²) in [5.41, 5.74) is 3.03. The predicted octanol–water partition coefficient (Wildman–Crippen LogP) is 3.02. The maximum Gasteiger partial charge on any atom is 0.342 e. The van der Waals surface area contributed by atoms with E-state index in [0.29, 0.717) is 40.3 Å². The summed E-state index contributed by atoms with van der Waals surface area (Å²) in [6.07, 6.45) is 0.541. The highest BCUT2D eigenvalue weighted by Gasteiger charge is 2.32. The number of nitrogens with zero attached hydrogens (tertiary/aromatic N) is 1. The molecule has 3 heterocycles. The van der Waals surface area contributed by atoms with Crippen LogP contribution in [0.1, 0.15) is 61.7 Å². The van der Waals surface area contributed by atoms with Crippen LogP contribution in [-0.2, 0) is 14.6 Å². The third-order valence-electron chi connectivity index (χ3n) is 5.46. The van der Waals surface area contributed by atoms with Gasteiger partial charge in [-0.1, -0.05) is 0 Å². The summed E-state index contributed by atoms with van der Waals surface area (Å²) in [4.78, 5) is 25.0. The molecule has 0 spiro atoms. The van der Waals surface area contributed by atoms with Crippen molar-refractivity contribution < 1.29 is 27.2 Å². The van der Waals surface area contributed by atoms with E-state index >= 15 is 0 Å². The summed E-state index contributed by atoms with van der Waals surface area (Å²) in [7, 11) is -3.03. The van der Waals surface area contributed by atoms with E-state index in [9.17, 15) is 18.0 Å². The first kappa shape index (κ1) is 20.4. The first-order chi connectivity index (χ1) is 13.0. The van der Waals surface area contributed by atoms with Crippen molar-refractivity contribution in [2.24, 2.45) is 0 Å². The van der Waals surface area contributed by atoms with Crippen molar-refractivity contribution in [1.82, 2.24) is 4.57 Å². The number of furan rings is 1. The Morgan fingerprint density at radius 1 is 1.18 bits per heavy atom. The van der Waals surface area contributed by atoms with Crippen molar-refractivity contribution in [2.45, 2.75) is 47.1 Å². The second-order valence-electron chi connectivity index (χ2n) is 7.43. The minimum atomic E-state index is -3.03. The molecule has 28 heavy (non-hydrogen) atoms. The zero-order chi connectivity index (χ0) is 20.8. The predicted molar refractivity (Wildman–Crippen MR) is 104 cm³/mol. The minimum absolute atomic E-state index is 0.0877. The lowest BCUT2D eigenvalue weighted by Crippen LogP contribution is -2.17.